The number of hydrogen-bond acceptors (Lipinski definition) is 3. The first kappa shape index (κ1) is 11.7. The zero-order valence-electron chi connectivity index (χ0n) is 10.8. The van der Waals surface area contributed by atoms with E-state index in [9.17, 15) is 0 Å². The first-order valence-electron chi connectivity index (χ1n) is 6.43. The van der Waals surface area contributed by atoms with Crippen LogP contribution in [0.1, 0.15) is 19.2 Å². The van der Waals surface area contributed by atoms with Crippen molar-refractivity contribution in [3.63, 3.8) is 0 Å². The fourth-order valence-electron chi connectivity index (χ4n) is 2.03. The summed E-state index contributed by atoms with van der Waals surface area (Å²) in [6.07, 6.45) is 5.42. The van der Waals surface area contributed by atoms with Crippen molar-refractivity contribution in [1.29, 1.82) is 0 Å². The minimum Gasteiger partial charge on any atom is -0.373 e. The summed E-state index contributed by atoms with van der Waals surface area (Å²) in [4.78, 5) is 14.6. The molecule has 19 heavy (non-hydrogen) atoms. The van der Waals surface area contributed by atoms with Crippen LogP contribution in [0.2, 0.25) is 0 Å². The molecular formula is C15H15N3O. The van der Waals surface area contributed by atoms with Crippen molar-refractivity contribution >= 4 is 11.0 Å². The molecule has 0 fully saturated rings. The molecule has 0 amide bonds. The van der Waals surface area contributed by atoms with Crippen molar-refractivity contribution in [3.05, 3.63) is 54.6 Å². The number of benzene rings is 1. The van der Waals surface area contributed by atoms with Gasteiger partial charge < -0.3 is 4.84 Å². The largest absolute Gasteiger partial charge is 0.373 e. The lowest BCUT2D eigenvalue weighted by Crippen LogP contribution is -2.09. The van der Waals surface area contributed by atoms with E-state index in [4.69, 9.17) is 4.84 Å². The van der Waals surface area contributed by atoms with Crippen LogP contribution >= 0.6 is 0 Å². The number of nitrogens with zero attached hydrogens (tertiary/aromatic N) is 3. The zero-order chi connectivity index (χ0) is 13.1. The minimum atomic E-state index is 0.802. The predicted octanol–water partition coefficient (Wildman–Crippen LogP) is 3.23. The van der Waals surface area contributed by atoms with E-state index in [1.54, 1.807) is 17.1 Å². The number of hydrogen-bond donors (Lipinski definition) is 0. The van der Waals surface area contributed by atoms with Crippen LogP contribution in [0.5, 0.6) is 5.75 Å². The summed E-state index contributed by atoms with van der Waals surface area (Å²) < 4.78 is 1.80. The molecule has 0 bridgehead atoms. The Balaban J connectivity index is 2.07. The number of aryl methyl sites for hydroxylation is 1. The summed E-state index contributed by atoms with van der Waals surface area (Å²) in [5.41, 5.74) is 1.81. The van der Waals surface area contributed by atoms with E-state index in [1.165, 1.54) is 0 Å². The monoisotopic (exact) mass is 253 g/mol. The Hall–Kier alpha value is -2.36. The first-order valence-corrected chi connectivity index (χ1v) is 6.43. The average molecular weight is 253 g/mol. The van der Waals surface area contributed by atoms with Gasteiger partial charge in [-0.3, -0.25) is 4.98 Å². The third-order valence-corrected chi connectivity index (χ3v) is 2.89. The van der Waals surface area contributed by atoms with Crippen LogP contribution in [-0.2, 0) is 6.42 Å². The van der Waals surface area contributed by atoms with Crippen LogP contribution in [0.15, 0.2) is 48.8 Å². The fraction of sp³-hybridized carbons (Fsp3) is 0.200. The maximum Gasteiger partial charge on any atom is 0.155 e. The summed E-state index contributed by atoms with van der Waals surface area (Å²) in [6, 6.07) is 11.7. The maximum absolute atomic E-state index is 5.94. The molecule has 0 aliphatic heterocycles. The number of rotatable bonds is 4. The van der Waals surface area contributed by atoms with Gasteiger partial charge in [0.2, 0.25) is 0 Å². The van der Waals surface area contributed by atoms with E-state index in [2.05, 4.69) is 16.9 Å². The van der Waals surface area contributed by atoms with Gasteiger partial charge in [-0.15, -0.1) is 0 Å². The number of fused-ring (bicyclic) bond motifs is 1. The van der Waals surface area contributed by atoms with Crippen molar-refractivity contribution in [3.8, 4) is 5.75 Å². The lowest BCUT2D eigenvalue weighted by molar-refractivity contribution is 0.216. The van der Waals surface area contributed by atoms with Gasteiger partial charge >= 0.3 is 0 Å². The molecule has 0 radical (unpaired) electrons. The van der Waals surface area contributed by atoms with Crippen LogP contribution in [-0.4, -0.2) is 14.7 Å². The van der Waals surface area contributed by atoms with Gasteiger partial charge in [0.1, 0.15) is 16.9 Å². The van der Waals surface area contributed by atoms with Crippen LogP contribution in [0.25, 0.3) is 11.0 Å². The summed E-state index contributed by atoms with van der Waals surface area (Å²) >= 11 is 0. The van der Waals surface area contributed by atoms with Crippen molar-refractivity contribution < 1.29 is 4.84 Å². The second kappa shape index (κ2) is 5.10. The first-order chi connectivity index (χ1) is 9.38. The van der Waals surface area contributed by atoms with Gasteiger partial charge in [-0.25, -0.2) is 4.98 Å². The molecule has 2 aromatic heterocycles. The van der Waals surface area contributed by atoms with E-state index < -0.39 is 0 Å². The van der Waals surface area contributed by atoms with Crippen LogP contribution in [0.4, 0.5) is 0 Å². The molecule has 96 valence electrons. The van der Waals surface area contributed by atoms with Crippen molar-refractivity contribution in [2.24, 2.45) is 0 Å². The standard InChI is InChI=1S/C15H15N3O/c1-2-6-15-17-13-11-16-10-9-14(13)18(15)19-12-7-4-3-5-8-12/h3-5,7-11H,2,6H2,1H3. The third-order valence-electron chi connectivity index (χ3n) is 2.89. The molecular weight excluding hydrogens is 238 g/mol. The molecule has 0 aliphatic rings. The number of para-hydroxylation sites is 1. The van der Waals surface area contributed by atoms with Gasteiger partial charge in [0.25, 0.3) is 0 Å². The van der Waals surface area contributed by atoms with Gasteiger partial charge in [0.05, 0.1) is 6.20 Å². The third kappa shape index (κ3) is 2.29. The van der Waals surface area contributed by atoms with Gasteiger partial charge in [0.15, 0.2) is 5.75 Å². The van der Waals surface area contributed by atoms with E-state index in [0.717, 1.165) is 35.4 Å². The van der Waals surface area contributed by atoms with Gasteiger partial charge in [-0.1, -0.05) is 25.1 Å². The van der Waals surface area contributed by atoms with Crippen LogP contribution in [0.3, 0.4) is 0 Å². The zero-order valence-corrected chi connectivity index (χ0v) is 10.8. The second-order valence-corrected chi connectivity index (χ2v) is 4.34. The molecule has 3 aromatic rings. The number of aromatic nitrogens is 3. The molecule has 0 N–H and O–H groups in total. The van der Waals surface area contributed by atoms with Crippen molar-refractivity contribution in [1.82, 2.24) is 14.7 Å². The number of pyridine rings is 1. The Bertz CT molecular complexity index is 676. The highest BCUT2D eigenvalue weighted by Gasteiger charge is 2.11. The van der Waals surface area contributed by atoms with Gasteiger partial charge in [0, 0.05) is 12.6 Å². The Morgan fingerprint density at radius 2 is 2.00 bits per heavy atom. The Morgan fingerprint density at radius 3 is 2.79 bits per heavy atom. The summed E-state index contributed by atoms with van der Waals surface area (Å²) in [6.45, 7) is 2.13. The molecule has 0 saturated carbocycles. The summed E-state index contributed by atoms with van der Waals surface area (Å²) in [5.74, 6) is 1.73. The molecule has 0 atom stereocenters. The highest BCUT2D eigenvalue weighted by atomic mass is 16.7. The maximum atomic E-state index is 5.94. The van der Waals surface area contributed by atoms with Crippen molar-refractivity contribution in [2.75, 3.05) is 0 Å². The highest BCUT2D eigenvalue weighted by molar-refractivity contribution is 5.74. The molecule has 3 rings (SSSR count). The normalized spacial score (nSPS) is 10.8. The highest BCUT2D eigenvalue weighted by Crippen LogP contribution is 2.18. The molecule has 4 nitrogen and oxygen atoms in total. The molecule has 0 saturated heterocycles. The SMILES string of the molecule is CCCc1nc2cnccc2n1Oc1ccccc1. The summed E-state index contributed by atoms with van der Waals surface area (Å²) in [5, 5.41) is 0. The number of imidazole rings is 1. The quantitative estimate of drug-likeness (QED) is 0.716. The van der Waals surface area contributed by atoms with Crippen molar-refractivity contribution in [2.45, 2.75) is 19.8 Å². The topological polar surface area (TPSA) is 39.9 Å². The lowest BCUT2D eigenvalue weighted by Gasteiger charge is -2.09. The average Bonchev–Trinajstić information content (AvgIpc) is 2.79. The Morgan fingerprint density at radius 1 is 1.16 bits per heavy atom. The summed E-state index contributed by atoms with van der Waals surface area (Å²) in [7, 11) is 0. The van der Waals surface area contributed by atoms with Gasteiger partial charge in [-0.2, -0.15) is 4.73 Å². The fourth-order valence-corrected chi connectivity index (χ4v) is 2.03. The van der Waals surface area contributed by atoms with E-state index >= 15 is 0 Å². The van der Waals surface area contributed by atoms with E-state index in [1.807, 2.05) is 36.4 Å². The Kier molecular flexibility index (Phi) is 3.14. The molecule has 4 heteroatoms. The van der Waals surface area contributed by atoms with Crippen LogP contribution in [0, 0.1) is 0 Å². The van der Waals surface area contributed by atoms with E-state index in [0.29, 0.717) is 0 Å². The second-order valence-electron chi connectivity index (χ2n) is 4.34. The van der Waals surface area contributed by atoms with Crippen LogP contribution < -0.4 is 4.84 Å². The predicted molar refractivity (Wildman–Crippen MR) is 74.0 cm³/mol. The molecule has 0 aliphatic carbocycles. The molecule has 0 spiro atoms. The lowest BCUT2D eigenvalue weighted by atomic mass is 10.3. The molecule has 0 unspecified atom stereocenters. The molecule has 2 heterocycles. The van der Waals surface area contributed by atoms with E-state index in [-0.39, 0.29) is 0 Å². The minimum absolute atomic E-state index is 0.802. The smallest absolute Gasteiger partial charge is 0.155 e. The van der Waals surface area contributed by atoms with Gasteiger partial charge in [-0.05, 0) is 24.6 Å². The molecule has 1 aromatic carbocycles. The Labute approximate surface area is 111 Å².